The number of hydrogen-bond donors (Lipinski definition) is 5. The second kappa shape index (κ2) is 30.1. The minimum atomic E-state index is -1.72. The summed E-state index contributed by atoms with van der Waals surface area (Å²) in [6.45, 7) is 13.7. The largest absolute Gasteiger partial charge is 0.454 e. The predicted octanol–water partition coefficient (Wildman–Crippen LogP) is 6.98. The van der Waals surface area contributed by atoms with Gasteiger partial charge in [-0.25, -0.2) is 24.0 Å². The van der Waals surface area contributed by atoms with Gasteiger partial charge in [0.15, 0.2) is 24.6 Å². The number of aliphatic hydroxyl groups excluding tert-OH is 5. The smallest absolute Gasteiger partial charge is 0.340 e. The highest BCUT2D eigenvalue weighted by molar-refractivity contribution is 6.83. The number of carbonyl (C=O) groups is 5. The Bertz CT molecular complexity index is 2840. The summed E-state index contributed by atoms with van der Waals surface area (Å²) in [6.07, 6.45) is -11.9. The SMILES string of the molecule is CC[C@H]1O[C@H](C#C[Si](C)(C)C)[C@@H](OC(=O)c2ccccc2)[C@@H](OC(=O)c2ccccc2)[C@@H]1C.CC[C@H]1O[C@H](OC(=O)c2ccccc2)[C@@H](OC(=O)c2ccccc2)[C@@H](OC(=O)c2ccccc2)[C@@H]1C.OC[C@H]1O[C@H](O)[C@@H](O)[C@@H](O)[C@@H]1O. The number of esters is 5. The average molecular weight is 1130 g/mol. The minimum absolute atomic E-state index is 0.175. The van der Waals surface area contributed by atoms with Gasteiger partial charge in [-0.05, 0) is 73.5 Å². The van der Waals surface area contributed by atoms with E-state index in [2.05, 4.69) is 35.8 Å². The van der Waals surface area contributed by atoms with Gasteiger partial charge in [0.05, 0.1) is 46.6 Å². The summed E-state index contributed by atoms with van der Waals surface area (Å²) in [4.78, 5) is 64.8. The van der Waals surface area contributed by atoms with Crippen LogP contribution in [0.2, 0.25) is 19.6 Å². The number of ether oxygens (including phenoxy) is 8. The third-order valence-electron chi connectivity index (χ3n) is 13.6. The molecular formula is C62H72O18Si. The van der Waals surface area contributed by atoms with E-state index in [4.69, 9.17) is 58.7 Å². The van der Waals surface area contributed by atoms with Crippen molar-refractivity contribution in [1.29, 1.82) is 0 Å². The fraction of sp³-hybridized carbons (Fsp3) is 0.403. The molecule has 5 aromatic carbocycles. The lowest BCUT2D eigenvalue weighted by Crippen LogP contribution is -2.58. The first-order valence-electron chi connectivity index (χ1n) is 26.9. The maximum absolute atomic E-state index is 13.0. The Morgan fingerprint density at radius 3 is 1.14 bits per heavy atom. The van der Waals surface area contributed by atoms with Crippen molar-refractivity contribution < 1.29 is 87.4 Å². The molecule has 3 aliphatic rings. The minimum Gasteiger partial charge on any atom is -0.454 e. The lowest BCUT2D eigenvalue weighted by molar-refractivity contribution is -0.286. The van der Waals surface area contributed by atoms with E-state index in [1.165, 1.54) is 0 Å². The highest BCUT2D eigenvalue weighted by atomic mass is 28.3. The molecule has 0 saturated carbocycles. The van der Waals surface area contributed by atoms with Crippen LogP contribution in [0.3, 0.4) is 0 Å². The maximum atomic E-state index is 13.0. The molecule has 0 aromatic heterocycles. The van der Waals surface area contributed by atoms with Crippen LogP contribution in [0, 0.1) is 23.3 Å². The van der Waals surface area contributed by atoms with Gasteiger partial charge in [-0.2, -0.15) is 0 Å². The highest BCUT2D eigenvalue weighted by Gasteiger charge is 2.51. The van der Waals surface area contributed by atoms with Crippen LogP contribution in [0.25, 0.3) is 0 Å². The molecule has 0 radical (unpaired) electrons. The van der Waals surface area contributed by atoms with Crippen LogP contribution in [0.4, 0.5) is 0 Å². The molecular weight excluding hydrogens is 1060 g/mol. The molecule has 5 aromatic rings. The molecule has 15 atom stereocenters. The Morgan fingerprint density at radius 1 is 0.444 bits per heavy atom. The van der Waals surface area contributed by atoms with Gasteiger partial charge in [0, 0.05) is 11.8 Å². The van der Waals surface area contributed by atoms with Crippen molar-refractivity contribution in [2.45, 2.75) is 140 Å². The summed E-state index contributed by atoms with van der Waals surface area (Å²) >= 11 is 0. The van der Waals surface area contributed by atoms with E-state index in [-0.39, 0.29) is 17.9 Å². The van der Waals surface area contributed by atoms with Gasteiger partial charge < -0.3 is 63.4 Å². The summed E-state index contributed by atoms with van der Waals surface area (Å²) in [7, 11) is -1.72. The lowest BCUT2D eigenvalue weighted by Gasteiger charge is -2.43. The van der Waals surface area contributed by atoms with E-state index in [0.717, 1.165) is 6.42 Å². The van der Waals surface area contributed by atoms with Gasteiger partial charge in [0.25, 0.3) is 0 Å². The van der Waals surface area contributed by atoms with Crippen molar-refractivity contribution in [3.63, 3.8) is 0 Å². The Kier molecular flexibility index (Phi) is 23.4. The van der Waals surface area contributed by atoms with E-state index in [0.29, 0.717) is 34.2 Å². The fourth-order valence-electron chi connectivity index (χ4n) is 9.04. The molecule has 0 bridgehead atoms. The number of aliphatic hydroxyl groups is 5. The Balaban J connectivity index is 0.000000217. The molecule has 19 heteroatoms. The van der Waals surface area contributed by atoms with Crippen LogP contribution < -0.4 is 0 Å². The van der Waals surface area contributed by atoms with Gasteiger partial charge in [0.2, 0.25) is 12.4 Å². The maximum Gasteiger partial charge on any atom is 0.340 e. The topological polar surface area (TPSA) is 260 Å². The first-order chi connectivity index (χ1) is 38.7. The zero-order chi connectivity index (χ0) is 58.8. The molecule has 0 spiro atoms. The Morgan fingerprint density at radius 2 is 0.778 bits per heavy atom. The standard InChI is InChI=1S/C29H28O7.C27H32O5Si.C6H12O6/c1-3-23-19(2)24(34-26(30)20-13-7-4-8-14-20)25(35-27(31)21-15-9-5-10-16-21)29(33-23)36-28(32)22-17-11-6-12-18-22;1-6-22-19(2)24(31-26(28)20-13-9-7-10-14-20)25(23(30-22)17-18-33(3,4)5)32-27(29)21-15-11-8-12-16-21;7-1-2-3(8)4(9)5(10)6(11)12-2/h4-19,23-25,29H,3H2,1-2H3;7-16,19,22-25H,6H2,1-5H3;2-11H,1H2/t19-,23-,24+,25+,29-;19-,22-,23-,24+,25-;2-,3-,4+,5+,6+/m111/s1. The predicted molar refractivity (Wildman–Crippen MR) is 298 cm³/mol. The number of rotatable bonds is 13. The summed E-state index contributed by atoms with van der Waals surface area (Å²) in [6, 6.07) is 43.0. The van der Waals surface area contributed by atoms with Crippen LogP contribution in [-0.4, -0.2) is 150 Å². The van der Waals surface area contributed by atoms with Crippen molar-refractivity contribution >= 4 is 37.9 Å². The Labute approximate surface area is 472 Å². The first kappa shape index (κ1) is 63.1. The van der Waals surface area contributed by atoms with E-state index >= 15 is 0 Å². The van der Waals surface area contributed by atoms with Crippen LogP contribution in [0.1, 0.15) is 92.3 Å². The summed E-state index contributed by atoms with van der Waals surface area (Å²) in [5, 5.41) is 44.7. The molecule has 3 aliphatic heterocycles. The molecule has 8 rings (SSSR count). The molecule has 3 heterocycles. The summed E-state index contributed by atoms with van der Waals surface area (Å²) in [5.74, 6) is -0.113. The second-order valence-corrected chi connectivity index (χ2v) is 25.4. The van der Waals surface area contributed by atoms with E-state index in [9.17, 15) is 24.0 Å². The molecule has 0 unspecified atom stereocenters. The van der Waals surface area contributed by atoms with Crippen LogP contribution >= 0.6 is 0 Å². The molecule has 5 N–H and O–H groups in total. The average Bonchev–Trinajstić information content (AvgIpc) is 3.55. The van der Waals surface area contributed by atoms with E-state index in [1.807, 2.05) is 39.8 Å². The molecule has 3 fully saturated rings. The summed E-state index contributed by atoms with van der Waals surface area (Å²) < 4.78 is 46.3. The zero-order valence-electron chi connectivity index (χ0n) is 46.3. The third-order valence-corrected chi connectivity index (χ3v) is 14.5. The number of hydrogen-bond acceptors (Lipinski definition) is 18. The first-order valence-corrected chi connectivity index (χ1v) is 30.4. The van der Waals surface area contributed by atoms with Gasteiger partial charge in [0.1, 0.15) is 38.6 Å². The molecule has 432 valence electrons. The second-order valence-electron chi connectivity index (χ2n) is 20.6. The normalized spacial score (nSPS) is 27.8. The van der Waals surface area contributed by atoms with Crippen molar-refractivity contribution in [2.75, 3.05) is 6.61 Å². The molecule has 0 aliphatic carbocycles. The van der Waals surface area contributed by atoms with Crippen molar-refractivity contribution in [3.05, 3.63) is 179 Å². The fourth-order valence-corrected chi connectivity index (χ4v) is 9.62. The monoisotopic (exact) mass is 1130 g/mol. The third kappa shape index (κ3) is 17.5. The van der Waals surface area contributed by atoms with Crippen molar-refractivity contribution in [2.24, 2.45) is 11.8 Å². The van der Waals surface area contributed by atoms with Crippen LogP contribution in [-0.2, 0) is 37.9 Å². The number of carbonyl (C=O) groups excluding carboxylic acids is 5. The van der Waals surface area contributed by atoms with Gasteiger partial charge in [-0.15, -0.1) is 5.54 Å². The van der Waals surface area contributed by atoms with E-state index in [1.54, 1.807) is 140 Å². The Hall–Kier alpha value is -7.09. The number of benzene rings is 5. The van der Waals surface area contributed by atoms with E-state index < -0.39 is 118 Å². The molecule has 18 nitrogen and oxygen atoms in total. The van der Waals surface area contributed by atoms with Gasteiger partial charge in [-0.1, -0.05) is 144 Å². The van der Waals surface area contributed by atoms with Gasteiger partial charge >= 0.3 is 29.8 Å². The molecule has 81 heavy (non-hydrogen) atoms. The van der Waals surface area contributed by atoms with Gasteiger partial charge in [-0.3, -0.25) is 0 Å². The molecule has 3 saturated heterocycles. The van der Waals surface area contributed by atoms with Crippen LogP contribution in [0.15, 0.2) is 152 Å². The van der Waals surface area contributed by atoms with Crippen molar-refractivity contribution in [1.82, 2.24) is 0 Å². The van der Waals surface area contributed by atoms with Crippen molar-refractivity contribution in [3.8, 4) is 11.5 Å². The zero-order valence-corrected chi connectivity index (χ0v) is 47.3. The summed E-state index contributed by atoms with van der Waals surface area (Å²) in [5.41, 5.74) is 5.19. The molecule has 0 amide bonds. The highest BCUT2D eigenvalue weighted by Crippen LogP contribution is 2.35. The quantitative estimate of drug-likeness (QED) is 0.0345. The lowest BCUT2D eigenvalue weighted by atomic mass is 9.86. The van der Waals surface area contributed by atoms with Crippen LogP contribution in [0.5, 0.6) is 0 Å².